The first kappa shape index (κ1) is 19.7. The molecular formula is C21H23FN4O2S. The highest BCUT2D eigenvalue weighted by Crippen LogP contribution is 2.26. The minimum Gasteiger partial charge on any atom is -0.378 e. The van der Waals surface area contributed by atoms with Crippen molar-refractivity contribution in [3.8, 4) is 0 Å². The molecule has 0 unspecified atom stereocenters. The topological polar surface area (TPSA) is 59.4 Å². The van der Waals surface area contributed by atoms with E-state index in [0.717, 1.165) is 22.7 Å². The molecule has 1 aromatic heterocycles. The van der Waals surface area contributed by atoms with Crippen LogP contribution in [0.15, 0.2) is 47.6 Å². The molecule has 29 heavy (non-hydrogen) atoms. The highest BCUT2D eigenvalue weighted by Gasteiger charge is 2.16. The van der Waals surface area contributed by atoms with Gasteiger partial charge in [0.15, 0.2) is 5.16 Å². The maximum atomic E-state index is 14.5. The van der Waals surface area contributed by atoms with Gasteiger partial charge in [-0.25, -0.2) is 9.37 Å². The first-order chi connectivity index (χ1) is 14.2. The summed E-state index contributed by atoms with van der Waals surface area (Å²) in [7, 11) is 0. The van der Waals surface area contributed by atoms with Crippen molar-refractivity contribution in [1.29, 1.82) is 0 Å². The molecule has 0 radical (unpaired) electrons. The number of para-hydroxylation sites is 2. The summed E-state index contributed by atoms with van der Waals surface area (Å²) in [6.07, 6.45) is 0. The van der Waals surface area contributed by atoms with Gasteiger partial charge in [-0.15, -0.1) is 0 Å². The fraction of sp³-hybridized carbons (Fsp3) is 0.333. The molecule has 0 saturated carbocycles. The van der Waals surface area contributed by atoms with Gasteiger partial charge in [0.05, 0.1) is 35.7 Å². The lowest BCUT2D eigenvalue weighted by Crippen LogP contribution is -2.36. The summed E-state index contributed by atoms with van der Waals surface area (Å²) < 4.78 is 21.9. The number of nitrogens with one attached hydrogen (secondary N) is 1. The van der Waals surface area contributed by atoms with Gasteiger partial charge in [-0.2, -0.15) is 0 Å². The standard InChI is InChI=1S/C21H23FN4O2S/c1-2-26-19-6-4-3-5-17(19)24-21(26)29-14-20(27)23-15-7-8-18(16(22)13-15)25-9-11-28-12-10-25/h3-8,13H,2,9-12,14H2,1H3,(H,23,27). The Kier molecular flexibility index (Phi) is 6.01. The number of ether oxygens (including phenoxy) is 1. The normalized spacial score (nSPS) is 14.3. The lowest BCUT2D eigenvalue weighted by atomic mass is 10.2. The second-order valence-electron chi connectivity index (χ2n) is 6.73. The summed E-state index contributed by atoms with van der Waals surface area (Å²) in [5.41, 5.74) is 2.96. The average molecular weight is 415 g/mol. The minimum atomic E-state index is -0.342. The zero-order valence-electron chi connectivity index (χ0n) is 16.2. The third-order valence-electron chi connectivity index (χ3n) is 4.85. The number of anilines is 2. The van der Waals surface area contributed by atoms with Crippen molar-refractivity contribution < 1.29 is 13.9 Å². The predicted octanol–water partition coefficient (Wildman–Crippen LogP) is 3.76. The molecule has 1 amide bonds. The maximum Gasteiger partial charge on any atom is 0.234 e. The summed E-state index contributed by atoms with van der Waals surface area (Å²) in [5, 5.41) is 3.58. The summed E-state index contributed by atoms with van der Waals surface area (Å²) in [5.74, 6) is -0.329. The maximum absolute atomic E-state index is 14.5. The molecule has 1 fully saturated rings. The molecule has 6 nitrogen and oxygen atoms in total. The average Bonchev–Trinajstić information content (AvgIpc) is 3.10. The number of fused-ring (bicyclic) bond motifs is 1. The van der Waals surface area contributed by atoms with Crippen LogP contribution in [0.2, 0.25) is 0 Å². The van der Waals surface area contributed by atoms with Gasteiger partial charge >= 0.3 is 0 Å². The molecule has 1 saturated heterocycles. The van der Waals surface area contributed by atoms with Crippen LogP contribution in [0.25, 0.3) is 11.0 Å². The van der Waals surface area contributed by atoms with Crippen LogP contribution < -0.4 is 10.2 Å². The molecule has 152 valence electrons. The van der Waals surface area contributed by atoms with Crippen LogP contribution in [0.3, 0.4) is 0 Å². The van der Waals surface area contributed by atoms with E-state index in [1.165, 1.54) is 17.8 Å². The molecular weight excluding hydrogens is 391 g/mol. The monoisotopic (exact) mass is 414 g/mol. The van der Waals surface area contributed by atoms with E-state index in [0.29, 0.717) is 37.7 Å². The third kappa shape index (κ3) is 4.38. The van der Waals surface area contributed by atoms with E-state index in [4.69, 9.17) is 4.74 Å². The van der Waals surface area contributed by atoms with Crippen LogP contribution >= 0.6 is 11.8 Å². The first-order valence-corrected chi connectivity index (χ1v) is 10.6. The quantitative estimate of drug-likeness (QED) is 0.623. The van der Waals surface area contributed by atoms with Crippen molar-refractivity contribution in [3.63, 3.8) is 0 Å². The highest BCUT2D eigenvalue weighted by atomic mass is 32.2. The molecule has 1 N–H and O–H groups in total. The molecule has 4 rings (SSSR count). The molecule has 0 aliphatic carbocycles. The van der Waals surface area contributed by atoms with Crippen LogP contribution in [-0.4, -0.2) is 47.5 Å². The summed E-state index contributed by atoms with van der Waals surface area (Å²) in [6, 6.07) is 12.7. The molecule has 0 bridgehead atoms. The van der Waals surface area contributed by atoms with E-state index in [-0.39, 0.29) is 17.5 Å². The molecule has 2 aromatic carbocycles. The first-order valence-electron chi connectivity index (χ1n) is 9.66. The number of thioether (sulfide) groups is 1. The van der Waals surface area contributed by atoms with Crippen molar-refractivity contribution in [2.45, 2.75) is 18.6 Å². The Morgan fingerprint density at radius 1 is 1.24 bits per heavy atom. The van der Waals surface area contributed by atoms with Crippen LogP contribution in [0.1, 0.15) is 6.92 Å². The number of halogens is 1. The number of nitrogens with zero attached hydrogens (tertiary/aromatic N) is 3. The van der Waals surface area contributed by atoms with Gasteiger partial charge in [-0.3, -0.25) is 4.79 Å². The number of benzene rings is 2. The Bertz CT molecular complexity index is 1020. The van der Waals surface area contributed by atoms with Crippen molar-refractivity contribution in [1.82, 2.24) is 9.55 Å². The number of morpholine rings is 1. The van der Waals surface area contributed by atoms with Crippen molar-refractivity contribution in [2.75, 3.05) is 42.3 Å². The minimum absolute atomic E-state index is 0.191. The molecule has 0 spiro atoms. The SMILES string of the molecule is CCn1c(SCC(=O)Nc2ccc(N3CCOCC3)c(F)c2)nc2ccccc21. The number of hydrogen-bond acceptors (Lipinski definition) is 5. The van der Waals surface area contributed by atoms with Crippen molar-refractivity contribution in [2.24, 2.45) is 0 Å². The number of imidazole rings is 1. The Balaban J connectivity index is 1.39. The predicted molar refractivity (Wildman–Crippen MR) is 114 cm³/mol. The third-order valence-corrected chi connectivity index (χ3v) is 5.83. The number of rotatable bonds is 6. The van der Waals surface area contributed by atoms with Crippen molar-refractivity contribution >= 4 is 40.1 Å². The van der Waals surface area contributed by atoms with E-state index < -0.39 is 0 Å². The van der Waals surface area contributed by atoms with Gasteiger partial charge in [0, 0.05) is 25.3 Å². The van der Waals surface area contributed by atoms with E-state index >= 15 is 0 Å². The van der Waals surface area contributed by atoms with E-state index in [1.54, 1.807) is 12.1 Å². The second kappa shape index (κ2) is 8.84. The van der Waals surface area contributed by atoms with Gasteiger partial charge in [0.2, 0.25) is 5.91 Å². The number of carbonyl (C=O) groups excluding carboxylic acids is 1. The molecule has 1 aliphatic heterocycles. The summed E-state index contributed by atoms with van der Waals surface area (Å²) in [4.78, 5) is 18.9. The van der Waals surface area contributed by atoms with Gasteiger partial charge in [0.1, 0.15) is 5.82 Å². The van der Waals surface area contributed by atoms with Crippen LogP contribution in [0.5, 0.6) is 0 Å². The smallest absolute Gasteiger partial charge is 0.234 e. The lowest BCUT2D eigenvalue weighted by molar-refractivity contribution is -0.113. The van der Waals surface area contributed by atoms with Gasteiger partial charge in [-0.05, 0) is 37.3 Å². The fourth-order valence-electron chi connectivity index (χ4n) is 3.44. The Hall–Kier alpha value is -2.58. The fourth-order valence-corrected chi connectivity index (χ4v) is 4.32. The van der Waals surface area contributed by atoms with Gasteiger partial charge < -0.3 is 19.5 Å². The molecule has 8 heteroatoms. The zero-order valence-corrected chi connectivity index (χ0v) is 17.0. The zero-order chi connectivity index (χ0) is 20.2. The largest absolute Gasteiger partial charge is 0.378 e. The van der Waals surface area contributed by atoms with E-state index in [1.807, 2.05) is 29.2 Å². The summed E-state index contributed by atoms with van der Waals surface area (Å²) >= 11 is 1.38. The number of aromatic nitrogens is 2. The highest BCUT2D eigenvalue weighted by molar-refractivity contribution is 7.99. The van der Waals surface area contributed by atoms with Gasteiger partial charge in [0.25, 0.3) is 0 Å². The molecule has 2 heterocycles. The lowest BCUT2D eigenvalue weighted by Gasteiger charge is -2.29. The number of hydrogen-bond donors (Lipinski definition) is 1. The Morgan fingerprint density at radius 2 is 2.03 bits per heavy atom. The van der Waals surface area contributed by atoms with Crippen LogP contribution in [0, 0.1) is 5.82 Å². The molecule has 0 atom stereocenters. The van der Waals surface area contributed by atoms with Crippen LogP contribution in [-0.2, 0) is 16.1 Å². The number of amides is 1. The Labute approximate surface area is 173 Å². The van der Waals surface area contributed by atoms with Crippen LogP contribution in [0.4, 0.5) is 15.8 Å². The molecule has 1 aliphatic rings. The summed E-state index contributed by atoms with van der Waals surface area (Å²) in [6.45, 7) is 5.35. The van der Waals surface area contributed by atoms with Gasteiger partial charge in [-0.1, -0.05) is 23.9 Å². The second-order valence-corrected chi connectivity index (χ2v) is 7.67. The number of carbonyl (C=O) groups is 1. The van der Waals surface area contributed by atoms with E-state index in [2.05, 4.69) is 21.8 Å². The Morgan fingerprint density at radius 3 is 2.79 bits per heavy atom. The number of aryl methyl sites for hydroxylation is 1. The molecule has 3 aromatic rings. The van der Waals surface area contributed by atoms with E-state index in [9.17, 15) is 9.18 Å². The van der Waals surface area contributed by atoms with Crippen molar-refractivity contribution in [3.05, 3.63) is 48.3 Å².